The number of hydrogen-bond donors (Lipinski definition) is 2. The van der Waals surface area contributed by atoms with Crippen LogP contribution in [0.2, 0.25) is 0 Å². The lowest BCUT2D eigenvalue weighted by Crippen LogP contribution is -2.37. The molecule has 0 amide bonds. The van der Waals surface area contributed by atoms with Crippen LogP contribution in [0.3, 0.4) is 0 Å². The van der Waals surface area contributed by atoms with Crippen molar-refractivity contribution in [3.05, 3.63) is 41.1 Å². The maximum absolute atomic E-state index is 12.2. The average molecular weight is 402 g/mol. The second-order valence-corrected chi connectivity index (χ2v) is 7.40. The number of nitrogens with zero attached hydrogens (tertiary/aromatic N) is 3. The van der Waals surface area contributed by atoms with Crippen LogP contribution < -0.4 is 10.6 Å². The minimum absolute atomic E-state index is 0.350. The van der Waals surface area contributed by atoms with Gasteiger partial charge in [0, 0.05) is 49.5 Å². The topological polar surface area (TPSA) is 62.3 Å². The summed E-state index contributed by atoms with van der Waals surface area (Å²) >= 11 is 0. The number of rotatable bonds is 10. The van der Waals surface area contributed by atoms with E-state index in [1.54, 1.807) is 0 Å². The average Bonchev–Trinajstić information content (AvgIpc) is 2.75. The van der Waals surface area contributed by atoms with Crippen molar-refractivity contribution in [3.63, 3.8) is 0 Å². The van der Waals surface area contributed by atoms with E-state index in [0.717, 1.165) is 79.8 Å². The van der Waals surface area contributed by atoms with E-state index < -0.39 is 0 Å². The number of anilines is 1. The van der Waals surface area contributed by atoms with Crippen LogP contribution in [-0.4, -0.2) is 67.5 Å². The van der Waals surface area contributed by atoms with Crippen molar-refractivity contribution < 1.29 is 9.13 Å². The maximum Gasteiger partial charge on any atom is 0.161 e. The third kappa shape index (κ3) is 6.45. The molecule has 1 aliphatic heterocycles. The second kappa shape index (κ2) is 11.2. The summed E-state index contributed by atoms with van der Waals surface area (Å²) in [6.07, 6.45) is 1.07. The third-order valence-electron chi connectivity index (χ3n) is 5.25. The molecule has 1 aromatic heterocycles. The lowest BCUT2D eigenvalue weighted by molar-refractivity contribution is 0.0378. The Kier molecular flexibility index (Phi) is 8.34. The minimum atomic E-state index is -0.350. The fourth-order valence-corrected chi connectivity index (χ4v) is 3.34. The smallest absolute Gasteiger partial charge is 0.161 e. The van der Waals surface area contributed by atoms with Crippen LogP contribution >= 0.6 is 0 Å². The van der Waals surface area contributed by atoms with Gasteiger partial charge in [0.15, 0.2) is 5.82 Å². The van der Waals surface area contributed by atoms with Gasteiger partial charge >= 0.3 is 0 Å². The zero-order chi connectivity index (χ0) is 20.5. The van der Waals surface area contributed by atoms with E-state index in [1.807, 2.05) is 31.2 Å². The van der Waals surface area contributed by atoms with E-state index in [4.69, 9.17) is 9.72 Å². The maximum atomic E-state index is 12.2. The van der Waals surface area contributed by atoms with Crippen molar-refractivity contribution in [1.82, 2.24) is 20.2 Å². The molecular formula is C22H32FN5O. The molecule has 0 aliphatic carbocycles. The Morgan fingerprint density at radius 1 is 1.07 bits per heavy atom. The summed E-state index contributed by atoms with van der Waals surface area (Å²) in [5.74, 6) is 1.63. The number of ether oxygens (including phenoxy) is 1. The van der Waals surface area contributed by atoms with Crippen LogP contribution in [0, 0.1) is 13.8 Å². The summed E-state index contributed by atoms with van der Waals surface area (Å²) in [7, 11) is 0. The lowest BCUT2D eigenvalue weighted by Gasteiger charge is -2.26. The number of morpholine rings is 1. The molecule has 0 bridgehead atoms. The van der Waals surface area contributed by atoms with Gasteiger partial charge in [-0.25, -0.2) is 14.4 Å². The van der Waals surface area contributed by atoms with E-state index in [1.165, 1.54) is 0 Å². The summed E-state index contributed by atoms with van der Waals surface area (Å²) in [6, 6.07) is 8.13. The van der Waals surface area contributed by atoms with Gasteiger partial charge < -0.3 is 15.4 Å². The zero-order valence-corrected chi connectivity index (χ0v) is 17.5. The number of alkyl halides is 1. The normalized spacial score (nSPS) is 14.9. The molecule has 0 saturated carbocycles. The molecule has 3 rings (SSSR count). The fraction of sp³-hybridized carbons (Fsp3) is 0.545. The molecular weight excluding hydrogens is 369 g/mol. The largest absolute Gasteiger partial charge is 0.379 e. The van der Waals surface area contributed by atoms with Gasteiger partial charge in [0.05, 0.1) is 13.2 Å². The van der Waals surface area contributed by atoms with E-state index in [9.17, 15) is 4.39 Å². The molecule has 2 aromatic rings. The van der Waals surface area contributed by atoms with Gasteiger partial charge in [0.2, 0.25) is 0 Å². The molecule has 2 heterocycles. The van der Waals surface area contributed by atoms with Gasteiger partial charge in [-0.15, -0.1) is 0 Å². The highest BCUT2D eigenvalue weighted by Crippen LogP contribution is 2.22. The zero-order valence-electron chi connectivity index (χ0n) is 17.5. The molecule has 1 saturated heterocycles. The number of aromatic nitrogens is 2. The molecule has 7 heteroatoms. The van der Waals surface area contributed by atoms with Crippen LogP contribution in [0.15, 0.2) is 24.3 Å². The summed E-state index contributed by atoms with van der Waals surface area (Å²) < 4.78 is 17.6. The molecule has 2 N–H and O–H groups in total. The summed E-state index contributed by atoms with van der Waals surface area (Å²) in [5.41, 5.74) is 4.18. The first-order chi connectivity index (χ1) is 14.2. The monoisotopic (exact) mass is 401 g/mol. The fourth-order valence-electron chi connectivity index (χ4n) is 3.34. The SMILES string of the molecule is Cc1nc(-c2ccc(CNCCF)cc2)nc(NCCCN2CCOCC2)c1C. The van der Waals surface area contributed by atoms with Crippen LogP contribution in [-0.2, 0) is 11.3 Å². The summed E-state index contributed by atoms with van der Waals surface area (Å²) in [5, 5.41) is 6.56. The van der Waals surface area contributed by atoms with Crippen molar-refractivity contribution in [2.24, 2.45) is 0 Å². The van der Waals surface area contributed by atoms with Crippen molar-refractivity contribution in [3.8, 4) is 11.4 Å². The van der Waals surface area contributed by atoms with E-state index in [0.29, 0.717) is 13.1 Å². The highest BCUT2D eigenvalue weighted by molar-refractivity contribution is 5.60. The molecule has 0 radical (unpaired) electrons. The van der Waals surface area contributed by atoms with Crippen molar-refractivity contribution in [2.75, 3.05) is 57.9 Å². The van der Waals surface area contributed by atoms with Crippen LogP contribution in [0.1, 0.15) is 23.2 Å². The second-order valence-electron chi connectivity index (χ2n) is 7.40. The van der Waals surface area contributed by atoms with Crippen LogP contribution in [0.4, 0.5) is 10.2 Å². The van der Waals surface area contributed by atoms with E-state index in [2.05, 4.69) is 27.4 Å². The van der Waals surface area contributed by atoms with Gasteiger partial charge in [-0.05, 0) is 32.4 Å². The predicted molar refractivity (Wildman–Crippen MR) is 115 cm³/mol. The standard InChI is InChI=1S/C22H32FN5O/c1-17-18(2)26-22(20-6-4-19(5-7-20)16-24-10-8-23)27-21(17)25-9-3-11-28-12-14-29-15-13-28/h4-7,24H,3,8-16H2,1-2H3,(H,25,26,27). The summed E-state index contributed by atoms with van der Waals surface area (Å²) in [4.78, 5) is 11.9. The molecule has 1 aromatic carbocycles. The van der Waals surface area contributed by atoms with Crippen molar-refractivity contribution >= 4 is 5.82 Å². The molecule has 0 spiro atoms. The van der Waals surface area contributed by atoms with Crippen LogP contribution in [0.5, 0.6) is 0 Å². The van der Waals surface area contributed by atoms with Crippen molar-refractivity contribution in [1.29, 1.82) is 0 Å². The number of benzene rings is 1. The number of aryl methyl sites for hydroxylation is 1. The molecule has 29 heavy (non-hydrogen) atoms. The lowest BCUT2D eigenvalue weighted by atomic mass is 10.1. The predicted octanol–water partition coefficient (Wildman–Crippen LogP) is 2.95. The molecule has 158 valence electrons. The number of nitrogens with one attached hydrogen (secondary N) is 2. The Morgan fingerprint density at radius 2 is 1.83 bits per heavy atom. The Hall–Kier alpha value is -2.09. The quantitative estimate of drug-likeness (QED) is 0.597. The molecule has 0 atom stereocenters. The number of hydrogen-bond acceptors (Lipinski definition) is 6. The van der Waals surface area contributed by atoms with Gasteiger partial charge in [-0.1, -0.05) is 24.3 Å². The van der Waals surface area contributed by atoms with Crippen LogP contribution in [0.25, 0.3) is 11.4 Å². The van der Waals surface area contributed by atoms with Gasteiger partial charge in [0.1, 0.15) is 12.5 Å². The first-order valence-electron chi connectivity index (χ1n) is 10.4. The molecule has 6 nitrogen and oxygen atoms in total. The third-order valence-corrected chi connectivity index (χ3v) is 5.25. The molecule has 1 fully saturated rings. The first-order valence-corrected chi connectivity index (χ1v) is 10.4. The Labute approximate surface area is 172 Å². The minimum Gasteiger partial charge on any atom is -0.379 e. The highest BCUT2D eigenvalue weighted by atomic mass is 19.1. The number of halogens is 1. The van der Waals surface area contributed by atoms with E-state index >= 15 is 0 Å². The van der Waals surface area contributed by atoms with E-state index in [-0.39, 0.29) is 6.67 Å². The highest BCUT2D eigenvalue weighted by Gasteiger charge is 2.11. The van der Waals surface area contributed by atoms with Gasteiger partial charge in [0.25, 0.3) is 0 Å². The molecule has 1 aliphatic rings. The summed E-state index contributed by atoms with van der Waals surface area (Å²) in [6.45, 7) is 10.4. The first kappa shape index (κ1) is 21.6. The Morgan fingerprint density at radius 3 is 2.55 bits per heavy atom. The van der Waals surface area contributed by atoms with Gasteiger partial charge in [-0.2, -0.15) is 0 Å². The van der Waals surface area contributed by atoms with Crippen molar-refractivity contribution in [2.45, 2.75) is 26.8 Å². The van der Waals surface area contributed by atoms with Gasteiger partial charge in [-0.3, -0.25) is 4.90 Å². The molecule has 0 unspecified atom stereocenters. The Bertz CT molecular complexity index is 763. The Balaban J connectivity index is 1.59.